The van der Waals surface area contributed by atoms with Crippen molar-refractivity contribution in [1.82, 2.24) is 10.2 Å². The number of likely N-dealkylation sites (tertiary alicyclic amines) is 1. The molecule has 1 heterocycles. The van der Waals surface area contributed by atoms with Crippen LogP contribution in [-0.2, 0) is 6.54 Å². The van der Waals surface area contributed by atoms with Crippen LogP contribution in [0.4, 0.5) is 0 Å². The number of piperidine rings is 1. The molecular formula is C17H27ClN2O. The van der Waals surface area contributed by atoms with E-state index in [9.17, 15) is 0 Å². The van der Waals surface area contributed by atoms with Crippen LogP contribution in [0.3, 0.4) is 0 Å². The Morgan fingerprint density at radius 2 is 2.00 bits per heavy atom. The summed E-state index contributed by atoms with van der Waals surface area (Å²) in [5.74, 6) is 0.793. The van der Waals surface area contributed by atoms with E-state index in [4.69, 9.17) is 16.3 Å². The standard InChI is InChI=1S/C17H27ClN2O/c1-14(2)19-13-15-6-7-17(16(18)12-15)21-11-10-20-8-4-3-5-9-20/h6-7,12,14,19H,3-5,8-11,13H2,1-2H3. The molecule has 0 bridgehead atoms. The van der Waals surface area contributed by atoms with Crippen molar-refractivity contribution in [3.63, 3.8) is 0 Å². The zero-order chi connectivity index (χ0) is 15.1. The van der Waals surface area contributed by atoms with Crippen molar-refractivity contribution in [2.75, 3.05) is 26.2 Å². The second-order valence-electron chi connectivity index (χ2n) is 6.05. The van der Waals surface area contributed by atoms with Gasteiger partial charge in [-0.05, 0) is 43.6 Å². The van der Waals surface area contributed by atoms with E-state index in [2.05, 4.69) is 30.1 Å². The summed E-state index contributed by atoms with van der Waals surface area (Å²) in [6.45, 7) is 9.23. The Morgan fingerprint density at radius 3 is 2.67 bits per heavy atom. The smallest absolute Gasteiger partial charge is 0.137 e. The Labute approximate surface area is 133 Å². The monoisotopic (exact) mass is 310 g/mol. The van der Waals surface area contributed by atoms with Gasteiger partial charge in [-0.15, -0.1) is 0 Å². The maximum absolute atomic E-state index is 6.30. The average Bonchev–Trinajstić information content (AvgIpc) is 2.48. The minimum atomic E-state index is 0.476. The number of nitrogens with zero attached hydrogens (tertiary/aromatic N) is 1. The van der Waals surface area contributed by atoms with Gasteiger partial charge in [0, 0.05) is 19.1 Å². The van der Waals surface area contributed by atoms with Crippen molar-refractivity contribution in [3.05, 3.63) is 28.8 Å². The molecule has 0 amide bonds. The van der Waals surface area contributed by atoms with Gasteiger partial charge in [-0.25, -0.2) is 0 Å². The molecule has 0 aromatic heterocycles. The van der Waals surface area contributed by atoms with E-state index in [0.29, 0.717) is 17.7 Å². The highest BCUT2D eigenvalue weighted by atomic mass is 35.5. The van der Waals surface area contributed by atoms with Crippen molar-refractivity contribution in [3.8, 4) is 5.75 Å². The molecule has 1 aliphatic rings. The zero-order valence-corrected chi connectivity index (χ0v) is 14.0. The highest BCUT2D eigenvalue weighted by Crippen LogP contribution is 2.25. The fraction of sp³-hybridized carbons (Fsp3) is 0.647. The molecule has 1 saturated heterocycles. The SMILES string of the molecule is CC(C)NCc1ccc(OCCN2CCCCC2)c(Cl)c1. The number of hydrogen-bond acceptors (Lipinski definition) is 3. The van der Waals surface area contributed by atoms with E-state index >= 15 is 0 Å². The fourth-order valence-electron chi connectivity index (χ4n) is 2.56. The van der Waals surface area contributed by atoms with Gasteiger partial charge < -0.3 is 10.1 Å². The van der Waals surface area contributed by atoms with Crippen LogP contribution in [-0.4, -0.2) is 37.2 Å². The number of hydrogen-bond donors (Lipinski definition) is 1. The lowest BCUT2D eigenvalue weighted by Gasteiger charge is -2.26. The van der Waals surface area contributed by atoms with Gasteiger partial charge in [0.1, 0.15) is 12.4 Å². The lowest BCUT2D eigenvalue weighted by atomic mass is 10.1. The summed E-state index contributed by atoms with van der Waals surface area (Å²) in [6.07, 6.45) is 4.01. The topological polar surface area (TPSA) is 24.5 Å². The highest BCUT2D eigenvalue weighted by Gasteiger charge is 2.10. The van der Waals surface area contributed by atoms with Crippen LogP contribution < -0.4 is 10.1 Å². The Kier molecular flexibility index (Phi) is 6.81. The molecule has 1 N–H and O–H groups in total. The molecule has 1 aromatic rings. The first kappa shape index (κ1) is 16.6. The van der Waals surface area contributed by atoms with Gasteiger partial charge >= 0.3 is 0 Å². The summed E-state index contributed by atoms with van der Waals surface area (Å²) in [4.78, 5) is 2.47. The molecule has 118 valence electrons. The normalized spacial score (nSPS) is 16.4. The van der Waals surface area contributed by atoms with Crippen LogP contribution in [0.5, 0.6) is 5.75 Å². The first-order valence-corrected chi connectivity index (χ1v) is 8.40. The van der Waals surface area contributed by atoms with Gasteiger partial charge in [-0.1, -0.05) is 37.9 Å². The molecule has 2 rings (SSSR count). The number of rotatable bonds is 7. The van der Waals surface area contributed by atoms with Crippen molar-refractivity contribution < 1.29 is 4.74 Å². The lowest BCUT2D eigenvalue weighted by Crippen LogP contribution is -2.33. The predicted molar refractivity (Wildman–Crippen MR) is 89.2 cm³/mol. The molecule has 0 unspecified atom stereocenters. The number of benzene rings is 1. The summed E-state index contributed by atoms with van der Waals surface area (Å²) in [7, 11) is 0. The third-order valence-corrected chi connectivity index (χ3v) is 4.12. The molecule has 1 aliphatic heterocycles. The van der Waals surface area contributed by atoms with Crippen LogP contribution in [0.2, 0.25) is 5.02 Å². The highest BCUT2D eigenvalue weighted by molar-refractivity contribution is 6.32. The van der Waals surface area contributed by atoms with E-state index < -0.39 is 0 Å². The largest absolute Gasteiger partial charge is 0.491 e. The lowest BCUT2D eigenvalue weighted by molar-refractivity contribution is 0.183. The van der Waals surface area contributed by atoms with Crippen LogP contribution >= 0.6 is 11.6 Å². The second kappa shape index (κ2) is 8.62. The van der Waals surface area contributed by atoms with E-state index in [0.717, 1.165) is 18.8 Å². The van der Waals surface area contributed by atoms with Crippen molar-refractivity contribution in [1.29, 1.82) is 0 Å². The fourth-order valence-corrected chi connectivity index (χ4v) is 2.82. The molecule has 0 aliphatic carbocycles. The molecule has 1 fully saturated rings. The van der Waals surface area contributed by atoms with Gasteiger partial charge in [-0.2, -0.15) is 0 Å². The Morgan fingerprint density at radius 1 is 1.24 bits per heavy atom. The van der Waals surface area contributed by atoms with Crippen molar-refractivity contribution >= 4 is 11.6 Å². The third-order valence-electron chi connectivity index (χ3n) is 3.82. The molecule has 0 spiro atoms. The zero-order valence-electron chi connectivity index (χ0n) is 13.2. The molecule has 0 atom stereocenters. The number of nitrogens with one attached hydrogen (secondary N) is 1. The molecular weight excluding hydrogens is 284 g/mol. The summed E-state index contributed by atoms with van der Waals surface area (Å²) < 4.78 is 5.83. The van der Waals surface area contributed by atoms with Gasteiger partial charge in [0.25, 0.3) is 0 Å². The molecule has 0 saturated carbocycles. The quantitative estimate of drug-likeness (QED) is 0.831. The Hall–Kier alpha value is -0.770. The molecule has 1 aromatic carbocycles. The molecule has 4 heteroatoms. The first-order valence-electron chi connectivity index (χ1n) is 8.02. The van der Waals surface area contributed by atoms with Gasteiger partial charge in [-0.3, -0.25) is 4.90 Å². The third kappa shape index (κ3) is 5.85. The van der Waals surface area contributed by atoms with Gasteiger partial charge in [0.05, 0.1) is 5.02 Å². The number of ether oxygens (including phenoxy) is 1. The Balaban J connectivity index is 1.77. The van der Waals surface area contributed by atoms with E-state index in [-0.39, 0.29) is 0 Å². The minimum Gasteiger partial charge on any atom is -0.491 e. The summed E-state index contributed by atoms with van der Waals surface area (Å²) in [5.41, 5.74) is 1.19. The van der Waals surface area contributed by atoms with Crippen LogP contribution in [0.1, 0.15) is 38.7 Å². The van der Waals surface area contributed by atoms with E-state index in [1.54, 1.807) is 0 Å². The predicted octanol–water partition coefficient (Wildman–Crippen LogP) is 3.70. The van der Waals surface area contributed by atoms with E-state index in [1.807, 2.05) is 12.1 Å². The maximum Gasteiger partial charge on any atom is 0.137 e. The van der Waals surface area contributed by atoms with Crippen molar-refractivity contribution in [2.24, 2.45) is 0 Å². The average molecular weight is 311 g/mol. The summed E-state index contributed by atoms with van der Waals surface area (Å²) in [5, 5.41) is 4.09. The first-order chi connectivity index (χ1) is 10.1. The van der Waals surface area contributed by atoms with Gasteiger partial charge in [0.2, 0.25) is 0 Å². The van der Waals surface area contributed by atoms with Gasteiger partial charge in [0.15, 0.2) is 0 Å². The van der Waals surface area contributed by atoms with Crippen LogP contribution in [0.25, 0.3) is 0 Å². The van der Waals surface area contributed by atoms with Crippen molar-refractivity contribution in [2.45, 2.75) is 45.7 Å². The summed E-state index contributed by atoms with van der Waals surface area (Å²) in [6, 6.07) is 6.53. The Bertz CT molecular complexity index is 431. The molecule has 21 heavy (non-hydrogen) atoms. The number of halogens is 1. The van der Waals surface area contributed by atoms with E-state index in [1.165, 1.54) is 37.9 Å². The van der Waals surface area contributed by atoms with Crippen LogP contribution in [0.15, 0.2) is 18.2 Å². The van der Waals surface area contributed by atoms with Crippen LogP contribution in [0, 0.1) is 0 Å². The maximum atomic E-state index is 6.30. The molecule has 3 nitrogen and oxygen atoms in total. The molecule has 0 radical (unpaired) electrons. The summed E-state index contributed by atoms with van der Waals surface area (Å²) >= 11 is 6.30. The minimum absolute atomic E-state index is 0.476. The second-order valence-corrected chi connectivity index (χ2v) is 6.46.